The van der Waals surface area contributed by atoms with Crippen LogP contribution >= 0.6 is 23.1 Å². The van der Waals surface area contributed by atoms with Crippen molar-refractivity contribution in [3.05, 3.63) is 11.2 Å². The number of carboxylic acid groups (broad SMARTS) is 1. The first-order valence-electron chi connectivity index (χ1n) is 5.03. The lowest BCUT2D eigenvalue weighted by molar-refractivity contribution is -0.139. The summed E-state index contributed by atoms with van der Waals surface area (Å²) in [5.74, 6) is -0.602. The lowest BCUT2D eigenvalue weighted by Crippen LogP contribution is -2.40. The topological polar surface area (TPSA) is 96.4 Å². The van der Waals surface area contributed by atoms with E-state index < -0.39 is 22.0 Å². The highest BCUT2D eigenvalue weighted by Gasteiger charge is 2.26. The normalized spacial score (nSPS) is 13.4. The zero-order chi connectivity index (χ0) is 13.8. The van der Waals surface area contributed by atoms with Crippen LogP contribution in [0.3, 0.4) is 0 Å². The minimum atomic E-state index is -3.80. The van der Waals surface area contributed by atoms with Gasteiger partial charge in [-0.3, -0.25) is 4.79 Å². The first kappa shape index (κ1) is 15.4. The molecule has 0 aromatic carbocycles. The Hall–Kier alpha value is -0.640. The number of thioether (sulfide) groups is 1. The Morgan fingerprint density at radius 3 is 2.78 bits per heavy atom. The third-order valence-corrected chi connectivity index (χ3v) is 5.56. The lowest BCUT2D eigenvalue weighted by atomic mass is 10.2. The van der Waals surface area contributed by atoms with Gasteiger partial charge in [-0.1, -0.05) is 0 Å². The summed E-state index contributed by atoms with van der Waals surface area (Å²) >= 11 is 2.48. The number of aryl methyl sites for hydroxylation is 1. The largest absolute Gasteiger partial charge is 0.480 e. The van der Waals surface area contributed by atoms with E-state index in [4.69, 9.17) is 5.11 Å². The molecule has 0 bridgehead atoms. The summed E-state index contributed by atoms with van der Waals surface area (Å²) in [5, 5.41) is 9.58. The third kappa shape index (κ3) is 4.23. The average molecular weight is 310 g/mol. The summed E-state index contributed by atoms with van der Waals surface area (Å²) in [5.41, 5.74) is 0. The van der Waals surface area contributed by atoms with Gasteiger partial charge in [0.2, 0.25) is 0 Å². The molecule has 0 saturated carbocycles. The third-order valence-electron chi connectivity index (χ3n) is 2.07. The van der Waals surface area contributed by atoms with Crippen molar-refractivity contribution in [1.29, 1.82) is 0 Å². The summed E-state index contributed by atoms with van der Waals surface area (Å²) < 4.78 is 26.0. The summed E-state index contributed by atoms with van der Waals surface area (Å²) in [6, 6.07) is -1.11. The molecule has 0 aliphatic carbocycles. The van der Waals surface area contributed by atoms with Gasteiger partial charge in [-0.2, -0.15) is 16.5 Å². The maximum Gasteiger partial charge on any atom is 0.321 e. The second-order valence-corrected chi connectivity index (χ2v) is 7.65. The molecule has 0 aliphatic heterocycles. The van der Waals surface area contributed by atoms with Crippen LogP contribution < -0.4 is 4.72 Å². The van der Waals surface area contributed by atoms with Crippen LogP contribution in [0.2, 0.25) is 0 Å². The number of hydrogen-bond acceptors (Lipinski definition) is 6. The molecule has 18 heavy (non-hydrogen) atoms. The van der Waals surface area contributed by atoms with E-state index in [1.54, 1.807) is 6.92 Å². The number of rotatable bonds is 7. The number of carbonyl (C=O) groups is 1. The van der Waals surface area contributed by atoms with Crippen LogP contribution in [0.15, 0.2) is 10.4 Å². The molecule has 1 atom stereocenters. The molecule has 0 aliphatic rings. The number of carboxylic acids is 1. The van der Waals surface area contributed by atoms with Crippen molar-refractivity contribution >= 4 is 39.1 Å². The predicted octanol–water partition coefficient (Wildman–Crippen LogP) is 0.936. The molecular formula is C9H14N2O4S3. The summed E-state index contributed by atoms with van der Waals surface area (Å²) in [7, 11) is -3.80. The Morgan fingerprint density at radius 1 is 1.67 bits per heavy atom. The Labute approximate surface area is 114 Å². The van der Waals surface area contributed by atoms with Gasteiger partial charge in [-0.05, 0) is 25.4 Å². The monoisotopic (exact) mass is 310 g/mol. The summed E-state index contributed by atoms with van der Waals surface area (Å²) in [6.07, 6.45) is 3.31. The minimum Gasteiger partial charge on any atom is -0.480 e. The van der Waals surface area contributed by atoms with E-state index in [0.717, 1.165) is 11.3 Å². The molecule has 1 heterocycles. The van der Waals surface area contributed by atoms with Gasteiger partial charge in [-0.25, -0.2) is 13.4 Å². The van der Waals surface area contributed by atoms with E-state index in [0.29, 0.717) is 10.8 Å². The van der Waals surface area contributed by atoms with Gasteiger partial charge in [0, 0.05) is 0 Å². The van der Waals surface area contributed by atoms with Crippen LogP contribution in [0.5, 0.6) is 0 Å². The summed E-state index contributed by atoms with van der Waals surface area (Å²) in [4.78, 5) is 14.8. The molecular weight excluding hydrogens is 296 g/mol. The second kappa shape index (κ2) is 6.50. The zero-order valence-electron chi connectivity index (χ0n) is 9.91. The van der Waals surface area contributed by atoms with E-state index in [1.165, 1.54) is 18.0 Å². The molecule has 0 fully saturated rings. The smallest absolute Gasteiger partial charge is 0.321 e. The predicted molar refractivity (Wildman–Crippen MR) is 71.6 cm³/mol. The van der Waals surface area contributed by atoms with Gasteiger partial charge >= 0.3 is 5.97 Å². The molecule has 1 rings (SSSR count). The number of hydrogen-bond donors (Lipinski definition) is 2. The van der Waals surface area contributed by atoms with Crippen LogP contribution in [0.25, 0.3) is 0 Å². The van der Waals surface area contributed by atoms with Crippen molar-refractivity contribution in [2.75, 3.05) is 12.0 Å². The fourth-order valence-electron chi connectivity index (χ4n) is 1.18. The van der Waals surface area contributed by atoms with Gasteiger partial charge in [0.1, 0.15) is 6.04 Å². The molecule has 0 amide bonds. The lowest BCUT2D eigenvalue weighted by Gasteiger charge is -2.12. The van der Waals surface area contributed by atoms with Crippen LogP contribution in [-0.4, -0.2) is 42.5 Å². The maximum absolute atomic E-state index is 11.9. The zero-order valence-corrected chi connectivity index (χ0v) is 12.4. The van der Waals surface area contributed by atoms with Gasteiger partial charge in [0.15, 0.2) is 4.21 Å². The molecule has 0 unspecified atom stereocenters. The number of nitrogens with one attached hydrogen (secondary N) is 1. The highest BCUT2D eigenvalue weighted by Crippen LogP contribution is 2.18. The number of nitrogens with zero attached hydrogens (tertiary/aromatic N) is 1. The van der Waals surface area contributed by atoms with Gasteiger partial charge < -0.3 is 5.11 Å². The van der Waals surface area contributed by atoms with E-state index in [9.17, 15) is 13.2 Å². The Balaban J connectivity index is 2.82. The standard InChI is InChI=1S/C9H14N2O4S3/c1-6-10-5-8(17-6)18(14,15)11-7(9(12)13)3-4-16-2/h5,7,11H,3-4H2,1-2H3,(H,12,13)/t7-/m1/s1. The van der Waals surface area contributed by atoms with Crippen molar-refractivity contribution in [3.8, 4) is 0 Å². The molecule has 0 radical (unpaired) electrons. The minimum absolute atomic E-state index is 0.0374. The highest BCUT2D eigenvalue weighted by atomic mass is 32.2. The number of sulfonamides is 1. The first-order chi connectivity index (χ1) is 8.36. The van der Waals surface area contributed by atoms with E-state index >= 15 is 0 Å². The van der Waals surface area contributed by atoms with Crippen molar-refractivity contribution in [2.45, 2.75) is 23.6 Å². The van der Waals surface area contributed by atoms with Gasteiger partial charge in [0.05, 0.1) is 11.2 Å². The Bertz CT molecular complexity index is 512. The number of thiazole rings is 1. The molecule has 2 N–H and O–H groups in total. The van der Waals surface area contributed by atoms with Crippen molar-refractivity contribution in [2.24, 2.45) is 0 Å². The average Bonchev–Trinajstić information content (AvgIpc) is 2.71. The van der Waals surface area contributed by atoms with E-state index in [-0.39, 0.29) is 10.6 Å². The van der Waals surface area contributed by atoms with Crippen LogP contribution in [0, 0.1) is 6.92 Å². The van der Waals surface area contributed by atoms with Crippen LogP contribution in [0.4, 0.5) is 0 Å². The first-order valence-corrected chi connectivity index (χ1v) is 8.72. The molecule has 0 spiro atoms. The van der Waals surface area contributed by atoms with Crippen LogP contribution in [0.1, 0.15) is 11.4 Å². The Morgan fingerprint density at radius 2 is 2.33 bits per heavy atom. The van der Waals surface area contributed by atoms with Gasteiger partial charge in [-0.15, -0.1) is 11.3 Å². The quantitative estimate of drug-likeness (QED) is 0.778. The number of aromatic nitrogens is 1. The molecule has 0 saturated heterocycles. The fourth-order valence-corrected chi connectivity index (χ4v) is 4.00. The second-order valence-electron chi connectivity index (χ2n) is 3.49. The van der Waals surface area contributed by atoms with E-state index in [1.807, 2.05) is 6.26 Å². The molecule has 1 aromatic heterocycles. The molecule has 9 heteroatoms. The SMILES string of the molecule is CSCC[C@@H](NS(=O)(=O)c1cnc(C)s1)C(=O)O. The van der Waals surface area contributed by atoms with Crippen molar-refractivity contribution in [3.63, 3.8) is 0 Å². The molecule has 1 aromatic rings. The molecule has 6 nitrogen and oxygen atoms in total. The molecule has 102 valence electrons. The van der Waals surface area contributed by atoms with E-state index in [2.05, 4.69) is 9.71 Å². The van der Waals surface area contributed by atoms with Crippen molar-refractivity contribution in [1.82, 2.24) is 9.71 Å². The van der Waals surface area contributed by atoms with Crippen molar-refractivity contribution < 1.29 is 18.3 Å². The fraction of sp³-hybridized carbons (Fsp3) is 0.556. The highest BCUT2D eigenvalue weighted by molar-refractivity contribution is 7.98. The number of aliphatic carboxylic acids is 1. The van der Waals surface area contributed by atoms with Crippen LogP contribution in [-0.2, 0) is 14.8 Å². The maximum atomic E-state index is 11.9. The Kier molecular flexibility index (Phi) is 5.57. The summed E-state index contributed by atoms with van der Waals surface area (Å²) in [6.45, 7) is 1.69. The van der Waals surface area contributed by atoms with Gasteiger partial charge in [0.25, 0.3) is 10.0 Å².